The van der Waals surface area contributed by atoms with Crippen LogP contribution in [0, 0.1) is 6.92 Å². The van der Waals surface area contributed by atoms with Gasteiger partial charge in [0.1, 0.15) is 0 Å². The number of nitrogens with one attached hydrogen (secondary N) is 1. The number of carboxylic acids is 1. The predicted molar refractivity (Wildman–Crippen MR) is 78.9 cm³/mol. The molecule has 1 heterocycles. The van der Waals surface area contributed by atoms with E-state index >= 15 is 0 Å². The van der Waals surface area contributed by atoms with Crippen LogP contribution in [0.25, 0.3) is 0 Å². The zero-order valence-electron chi connectivity index (χ0n) is 11.4. The molecule has 1 unspecified atom stereocenters. The number of carbonyl (C=O) groups is 2. The van der Waals surface area contributed by atoms with Crippen molar-refractivity contribution in [2.45, 2.75) is 31.6 Å². The van der Waals surface area contributed by atoms with E-state index in [-0.39, 0.29) is 18.2 Å². The number of aromatic nitrogens is 1. The molecule has 0 aliphatic rings. The highest BCUT2D eigenvalue weighted by Gasteiger charge is 2.24. The molecule has 1 aromatic rings. The molecule has 0 bridgehead atoms. The quantitative estimate of drug-likeness (QED) is 0.662. The van der Waals surface area contributed by atoms with Crippen LogP contribution in [0.5, 0.6) is 0 Å². The minimum absolute atomic E-state index is 0.0749. The van der Waals surface area contributed by atoms with E-state index in [2.05, 4.69) is 10.3 Å². The van der Waals surface area contributed by atoms with Crippen LogP contribution >= 0.6 is 23.1 Å². The second-order valence-electron chi connectivity index (χ2n) is 4.69. The average Bonchev–Trinajstić information content (AvgIpc) is 2.71. The summed E-state index contributed by atoms with van der Waals surface area (Å²) < 4.78 is 0. The number of hydrogen-bond acceptors (Lipinski definition) is 6. The van der Waals surface area contributed by atoms with Crippen LogP contribution in [-0.2, 0) is 15.3 Å². The number of thioether (sulfide) groups is 1. The lowest BCUT2D eigenvalue weighted by Crippen LogP contribution is -2.42. The second kappa shape index (κ2) is 7.61. The molecule has 8 heteroatoms. The van der Waals surface area contributed by atoms with Crippen molar-refractivity contribution >= 4 is 35.0 Å². The number of carboxylic acid groups (broad SMARTS) is 1. The summed E-state index contributed by atoms with van der Waals surface area (Å²) in [4.78, 5) is 26.4. The molecule has 0 aliphatic heterocycles. The van der Waals surface area contributed by atoms with Gasteiger partial charge in [-0.2, -0.15) is 0 Å². The van der Waals surface area contributed by atoms with E-state index in [9.17, 15) is 14.7 Å². The molecule has 1 rings (SSSR count). The monoisotopic (exact) mass is 318 g/mol. The smallest absolute Gasteiger partial charge is 0.306 e. The standard InChI is InChI=1S/C12H18N2O4S2/c1-8-14-9(5-20-8)4-19-6-10(15)13-7-12(2,18)3-11(16)17/h5,18H,3-4,6-7H2,1-2H3,(H,13,15)(H,16,17). The van der Waals surface area contributed by atoms with Gasteiger partial charge in [0, 0.05) is 17.7 Å². The summed E-state index contributed by atoms with van der Waals surface area (Å²) in [5.41, 5.74) is -0.485. The van der Waals surface area contributed by atoms with Gasteiger partial charge < -0.3 is 15.5 Å². The van der Waals surface area contributed by atoms with E-state index in [1.54, 1.807) is 11.3 Å². The SMILES string of the molecule is Cc1nc(CSCC(=O)NCC(C)(O)CC(=O)O)cs1. The zero-order valence-corrected chi connectivity index (χ0v) is 13.0. The number of thiazole rings is 1. The third kappa shape index (κ3) is 6.88. The fourth-order valence-corrected chi connectivity index (χ4v) is 2.92. The van der Waals surface area contributed by atoms with Crippen LogP contribution in [0.1, 0.15) is 24.0 Å². The summed E-state index contributed by atoms with van der Waals surface area (Å²) in [6.45, 7) is 3.23. The first kappa shape index (κ1) is 16.9. The highest BCUT2D eigenvalue weighted by molar-refractivity contribution is 7.99. The first-order chi connectivity index (χ1) is 9.28. The Morgan fingerprint density at radius 3 is 2.80 bits per heavy atom. The Balaban J connectivity index is 2.22. The fourth-order valence-electron chi connectivity index (χ4n) is 1.45. The van der Waals surface area contributed by atoms with Crippen LogP contribution in [-0.4, -0.2) is 45.0 Å². The van der Waals surface area contributed by atoms with Crippen molar-refractivity contribution in [3.8, 4) is 0 Å². The van der Waals surface area contributed by atoms with Crippen molar-refractivity contribution in [2.24, 2.45) is 0 Å². The Labute approximate surface area is 125 Å². The molecule has 1 aromatic heterocycles. The molecular weight excluding hydrogens is 300 g/mol. The lowest BCUT2D eigenvalue weighted by molar-refractivity contribution is -0.142. The van der Waals surface area contributed by atoms with Gasteiger partial charge in [0.05, 0.1) is 28.5 Å². The minimum atomic E-state index is -1.43. The van der Waals surface area contributed by atoms with Crippen molar-refractivity contribution in [1.82, 2.24) is 10.3 Å². The molecule has 1 amide bonds. The minimum Gasteiger partial charge on any atom is -0.481 e. The third-order valence-electron chi connectivity index (χ3n) is 2.35. The number of amides is 1. The summed E-state index contributed by atoms with van der Waals surface area (Å²) in [5, 5.41) is 23.8. The van der Waals surface area contributed by atoms with E-state index in [4.69, 9.17) is 5.11 Å². The number of carbonyl (C=O) groups excluding carboxylic acids is 1. The van der Waals surface area contributed by atoms with Crippen LogP contribution in [0.2, 0.25) is 0 Å². The summed E-state index contributed by atoms with van der Waals surface area (Å²) in [7, 11) is 0. The lowest BCUT2D eigenvalue weighted by atomic mass is 10.0. The highest BCUT2D eigenvalue weighted by atomic mass is 32.2. The van der Waals surface area contributed by atoms with Gasteiger partial charge >= 0.3 is 5.97 Å². The molecule has 0 fully saturated rings. The predicted octanol–water partition coefficient (Wildman–Crippen LogP) is 1.03. The van der Waals surface area contributed by atoms with Gasteiger partial charge in [-0.3, -0.25) is 9.59 Å². The van der Waals surface area contributed by atoms with Gasteiger partial charge in [-0.25, -0.2) is 4.98 Å². The molecule has 1 atom stereocenters. The lowest BCUT2D eigenvalue weighted by Gasteiger charge is -2.21. The molecule has 0 saturated carbocycles. The number of rotatable bonds is 8. The van der Waals surface area contributed by atoms with E-state index in [1.165, 1.54) is 18.7 Å². The average molecular weight is 318 g/mol. The summed E-state index contributed by atoms with van der Waals surface area (Å²) >= 11 is 3.00. The third-order valence-corrected chi connectivity index (χ3v) is 4.14. The van der Waals surface area contributed by atoms with Crippen molar-refractivity contribution in [3.63, 3.8) is 0 Å². The van der Waals surface area contributed by atoms with Gasteiger partial charge in [0.15, 0.2) is 0 Å². The zero-order chi connectivity index (χ0) is 15.2. The Bertz CT molecular complexity index is 474. The van der Waals surface area contributed by atoms with E-state index < -0.39 is 18.0 Å². The van der Waals surface area contributed by atoms with E-state index in [0.29, 0.717) is 5.75 Å². The van der Waals surface area contributed by atoms with Gasteiger partial charge in [-0.1, -0.05) is 0 Å². The van der Waals surface area contributed by atoms with Gasteiger partial charge in [-0.05, 0) is 13.8 Å². The molecule has 112 valence electrons. The summed E-state index contributed by atoms with van der Waals surface area (Å²) in [6, 6.07) is 0. The largest absolute Gasteiger partial charge is 0.481 e. The fraction of sp³-hybridized carbons (Fsp3) is 0.583. The topological polar surface area (TPSA) is 99.5 Å². The molecule has 0 saturated heterocycles. The molecule has 0 aliphatic carbocycles. The first-order valence-corrected chi connectivity index (χ1v) is 8.01. The Morgan fingerprint density at radius 1 is 1.55 bits per heavy atom. The molecule has 0 spiro atoms. The number of aliphatic carboxylic acids is 1. The normalized spacial score (nSPS) is 13.8. The molecule has 6 nitrogen and oxygen atoms in total. The van der Waals surface area contributed by atoms with Crippen LogP contribution in [0.15, 0.2) is 5.38 Å². The molecule has 20 heavy (non-hydrogen) atoms. The maximum Gasteiger partial charge on any atom is 0.306 e. The van der Waals surface area contributed by atoms with Crippen molar-refractivity contribution in [3.05, 3.63) is 16.1 Å². The second-order valence-corrected chi connectivity index (χ2v) is 6.74. The maximum atomic E-state index is 11.6. The number of aliphatic hydroxyl groups is 1. The first-order valence-electron chi connectivity index (χ1n) is 5.98. The molecule has 3 N–H and O–H groups in total. The highest BCUT2D eigenvalue weighted by Crippen LogP contribution is 2.15. The summed E-state index contributed by atoms with van der Waals surface area (Å²) in [6.07, 6.45) is -0.404. The van der Waals surface area contributed by atoms with Crippen molar-refractivity contribution < 1.29 is 19.8 Å². The summed E-state index contributed by atoms with van der Waals surface area (Å²) in [5.74, 6) is -0.423. The Morgan fingerprint density at radius 2 is 2.25 bits per heavy atom. The molecular formula is C12H18N2O4S2. The Kier molecular flexibility index (Phi) is 6.44. The number of hydrogen-bond donors (Lipinski definition) is 3. The maximum absolute atomic E-state index is 11.6. The van der Waals surface area contributed by atoms with Crippen LogP contribution in [0.4, 0.5) is 0 Å². The number of aryl methyl sites for hydroxylation is 1. The van der Waals surface area contributed by atoms with Gasteiger partial charge in [0.25, 0.3) is 0 Å². The van der Waals surface area contributed by atoms with E-state index in [1.807, 2.05) is 12.3 Å². The number of nitrogens with zero attached hydrogens (tertiary/aromatic N) is 1. The van der Waals surface area contributed by atoms with Crippen molar-refractivity contribution in [2.75, 3.05) is 12.3 Å². The molecule has 0 aromatic carbocycles. The molecule has 0 radical (unpaired) electrons. The van der Waals surface area contributed by atoms with Crippen LogP contribution in [0.3, 0.4) is 0 Å². The van der Waals surface area contributed by atoms with Crippen LogP contribution < -0.4 is 5.32 Å². The van der Waals surface area contributed by atoms with E-state index in [0.717, 1.165) is 10.7 Å². The van der Waals surface area contributed by atoms with Crippen molar-refractivity contribution in [1.29, 1.82) is 0 Å². The Hall–Kier alpha value is -1.12. The van der Waals surface area contributed by atoms with Gasteiger partial charge in [-0.15, -0.1) is 23.1 Å². The van der Waals surface area contributed by atoms with Gasteiger partial charge in [0.2, 0.25) is 5.91 Å².